The fraction of sp³-hybridized carbons (Fsp3) is 1.00. The summed E-state index contributed by atoms with van der Waals surface area (Å²) in [4.78, 5) is 0. The highest BCUT2D eigenvalue weighted by atomic mass is 16.8. The van der Waals surface area contributed by atoms with E-state index in [1.165, 1.54) is 0 Å². The Labute approximate surface area is 130 Å². The molecule has 2 saturated heterocycles. The van der Waals surface area contributed by atoms with Crippen LogP contribution in [0.2, 0.25) is 0 Å². The summed E-state index contributed by atoms with van der Waals surface area (Å²) in [5.41, 5.74) is 0. The SMILES string of the molecule is OC[C@H]1O[C@H](O[C@]2(CO)O[C@H](CO)[C@H](O)[C@@H]2O)[C@H](O)[C@@H](O)[C@@H]1O. The van der Waals surface area contributed by atoms with Crippen molar-refractivity contribution in [1.82, 2.24) is 0 Å². The van der Waals surface area contributed by atoms with Crippen LogP contribution >= 0.6 is 0 Å². The maximum Gasteiger partial charge on any atom is 0.224 e. The van der Waals surface area contributed by atoms with Crippen molar-refractivity contribution in [2.24, 2.45) is 0 Å². The topological polar surface area (TPSA) is 190 Å². The molecule has 2 heterocycles. The van der Waals surface area contributed by atoms with Crippen molar-refractivity contribution in [3.05, 3.63) is 0 Å². The van der Waals surface area contributed by atoms with Crippen LogP contribution in [0.1, 0.15) is 0 Å². The molecular formula is C12H22O11. The van der Waals surface area contributed by atoms with Gasteiger partial charge in [-0.3, -0.25) is 0 Å². The van der Waals surface area contributed by atoms with E-state index < -0.39 is 74.6 Å². The Kier molecular flexibility index (Phi) is 5.92. The van der Waals surface area contributed by atoms with E-state index in [4.69, 9.17) is 24.4 Å². The second kappa shape index (κ2) is 7.21. The lowest BCUT2D eigenvalue weighted by molar-refractivity contribution is -0.383. The molecule has 0 aromatic carbocycles. The molecular weight excluding hydrogens is 320 g/mol. The average Bonchev–Trinajstić information content (AvgIpc) is 2.80. The minimum absolute atomic E-state index is 0.669. The van der Waals surface area contributed by atoms with E-state index in [-0.39, 0.29) is 0 Å². The maximum absolute atomic E-state index is 10.00. The molecule has 8 N–H and O–H groups in total. The van der Waals surface area contributed by atoms with Gasteiger partial charge in [-0.05, 0) is 0 Å². The molecule has 0 radical (unpaired) electrons. The molecule has 136 valence electrons. The standard InChI is InChI=1S/C12H22O11/c13-1-4-6(16)8(18)9(19)11(21-4)23-12(3-15)10(20)7(17)5(2-14)22-12/h4-11,13-20H,1-3H2/t4-,5-,6-,7+,8+,9-,10+,11-,12+/m1/s1. The highest BCUT2D eigenvalue weighted by molar-refractivity contribution is 4.98. The lowest BCUT2D eigenvalue weighted by Gasteiger charge is -2.43. The van der Waals surface area contributed by atoms with Crippen molar-refractivity contribution in [1.29, 1.82) is 0 Å². The first-order valence-electron chi connectivity index (χ1n) is 7.05. The summed E-state index contributed by atoms with van der Waals surface area (Å²) in [5.74, 6) is -2.22. The van der Waals surface area contributed by atoms with Gasteiger partial charge >= 0.3 is 0 Å². The molecule has 11 heteroatoms. The molecule has 0 saturated carbocycles. The van der Waals surface area contributed by atoms with Crippen LogP contribution in [0.15, 0.2) is 0 Å². The van der Waals surface area contributed by atoms with Gasteiger partial charge in [-0.15, -0.1) is 0 Å². The van der Waals surface area contributed by atoms with E-state index in [1.807, 2.05) is 0 Å². The smallest absolute Gasteiger partial charge is 0.224 e. The predicted molar refractivity (Wildman–Crippen MR) is 68.6 cm³/mol. The van der Waals surface area contributed by atoms with Crippen molar-refractivity contribution >= 4 is 0 Å². The first-order valence-corrected chi connectivity index (χ1v) is 7.05. The van der Waals surface area contributed by atoms with Crippen LogP contribution in [0.5, 0.6) is 0 Å². The second-order valence-corrected chi connectivity index (χ2v) is 5.56. The molecule has 0 aromatic rings. The van der Waals surface area contributed by atoms with Gasteiger partial charge in [-0.25, -0.2) is 0 Å². The Balaban J connectivity index is 2.18. The zero-order valence-electron chi connectivity index (χ0n) is 12.0. The van der Waals surface area contributed by atoms with Gasteiger partial charge in [0.05, 0.1) is 13.2 Å². The summed E-state index contributed by atoms with van der Waals surface area (Å²) in [6.45, 7) is -2.32. The van der Waals surface area contributed by atoms with Gasteiger partial charge in [0.15, 0.2) is 6.29 Å². The molecule has 0 spiro atoms. The monoisotopic (exact) mass is 342 g/mol. The quantitative estimate of drug-likeness (QED) is 0.238. The molecule has 11 nitrogen and oxygen atoms in total. The Morgan fingerprint density at radius 1 is 0.783 bits per heavy atom. The summed E-state index contributed by atoms with van der Waals surface area (Å²) in [6, 6.07) is 0. The molecule has 2 aliphatic rings. The minimum Gasteiger partial charge on any atom is -0.394 e. The molecule has 0 aliphatic carbocycles. The minimum atomic E-state index is -2.22. The molecule has 0 aromatic heterocycles. The van der Waals surface area contributed by atoms with Crippen LogP contribution in [-0.4, -0.2) is 115 Å². The average molecular weight is 342 g/mol. The van der Waals surface area contributed by atoms with Crippen LogP contribution < -0.4 is 0 Å². The van der Waals surface area contributed by atoms with E-state index >= 15 is 0 Å². The molecule has 0 bridgehead atoms. The van der Waals surface area contributed by atoms with Crippen molar-refractivity contribution in [3.8, 4) is 0 Å². The van der Waals surface area contributed by atoms with Crippen molar-refractivity contribution in [2.45, 2.75) is 54.8 Å². The van der Waals surface area contributed by atoms with E-state index in [2.05, 4.69) is 0 Å². The lowest BCUT2D eigenvalue weighted by Crippen LogP contribution is -2.62. The number of aliphatic hydroxyl groups excluding tert-OH is 8. The number of hydrogen-bond acceptors (Lipinski definition) is 11. The van der Waals surface area contributed by atoms with Gasteiger partial charge in [0, 0.05) is 0 Å². The van der Waals surface area contributed by atoms with Crippen LogP contribution in [0, 0.1) is 0 Å². The van der Waals surface area contributed by atoms with Gasteiger partial charge in [0.1, 0.15) is 49.3 Å². The third kappa shape index (κ3) is 3.23. The normalized spacial score (nSPS) is 51.1. The fourth-order valence-corrected chi connectivity index (χ4v) is 2.63. The van der Waals surface area contributed by atoms with Crippen molar-refractivity contribution in [3.63, 3.8) is 0 Å². The molecule has 2 aliphatic heterocycles. The van der Waals surface area contributed by atoms with Crippen LogP contribution in [0.25, 0.3) is 0 Å². The zero-order chi connectivity index (χ0) is 17.4. The van der Waals surface area contributed by atoms with E-state index in [9.17, 15) is 30.6 Å². The molecule has 2 rings (SSSR count). The van der Waals surface area contributed by atoms with Gasteiger partial charge < -0.3 is 55.1 Å². The highest BCUT2D eigenvalue weighted by Gasteiger charge is 2.58. The van der Waals surface area contributed by atoms with Crippen LogP contribution in [0.4, 0.5) is 0 Å². The third-order valence-electron chi connectivity index (χ3n) is 4.07. The summed E-state index contributed by atoms with van der Waals surface area (Å²) < 4.78 is 15.4. The first-order chi connectivity index (χ1) is 10.8. The Hall–Kier alpha value is -0.440. The summed E-state index contributed by atoms with van der Waals surface area (Å²) in [5, 5.41) is 76.7. The molecule has 0 amide bonds. The number of hydrogen-bond donors (Lipinski definition) is 8. The van der Waals surface area contributed by atoms with E-state index in [1.54, 1.807) is 0 Å². The Bertz CT molecular complexity index is 393. The first kappa shape index (κ1) is 18.9. The fourth-order valence-electron chi connectivity index (χ4n) is 2.63. The van der Waals surface area contributed by atoms with Crippen LogP contribution in [0.3, 0.4) is 0 Å². The van der Waals surface area contributed by atoms with Crippen molar-refractivity contribution < 1.29 is 55.1 Å². The van der Waals surface area contributed by atoms with E-state index in [0.717, 1.165) is 0 Å². The predicted octanol–water partition coefficient (Wildman–Crippen LogP) is -5.40. The zero-order valence-corrected chi connectivity index (χ0v) is 12.0. The molecule has 9 atom stereocenters. The molecule has 0 unspecified atom stereocenters. The lowest BCUT2D eigenvalue weighted by atomic mass is 9.99. The number of rotatable bonds is 5. The molecule has 2 fully saturated rings. The summed E-state index contributed by atoms with van der Waals surface area (Å²) in [6.07, 6.45) is -12.7. The van der Waals surface area contributed by atoms with Gasteiger partial charge in [0.25, 0.3) is 0 Å². The largest absolute Gasteiger partial charge is 0.394 e. The van der Waals surface area contributed by atoms with E-state index in [0.29, 0.717) is 0 Å². The highest BCUT2D eigenvalue weighted by Crippen LogP contribution is 2.35. The van der Waals surface area contributed by atoms with Crippen molar-refractivity contribution in [2.75, 3.05) is 19.8 Å². The second-order valence-electron chi connectivity index (χ2n) is 5.56. The molecule has 23 heavy (non-hydrogen) atoms. The summed E-state index contributed by atoms with van der Waals surface area (Å²) >= 11 is 0. The number of ether oxygens (including phenoxy) is 3. The third-order valence-corrected chi connectivity index (χ3v) is 4.07. The van der Waals surface area contributed by atoms with Crippen LogP contribution in [-0.2, 0) is 14.2 Å². The summed E-state index contributed by atoms with van der Waals surface area (Å²) in [7, 11) is 0. The van der Waals surface area contributed by atoms with Gasteiger partial charge in [-0.1, -0.05) is 0 Å². The van der Waals surface area contributed by atoms with Gasteiger partial charge in [0.2, 0.25) is 5.79 Å². The maximum atomic E-state index is 10.00. The Morgan fingerprint density at radius 3 is 1.87 bits per heavy atom. The number of aliphatic hydroxyl groups is 8. The Morgan fingerprint density at radius 2 is 1.39 bits per heavy atom. The van der Waals surface area contributed by atoms with Gasteiger partial charge in [-0.2, -0.15) is 0 Å².